The van der Waals surface area contributed by atoms with E-state index in [1.54, 1.807) is 0 Å². The van der Waals surface area contributed by atoms with E-state index in [-0.39, 0.29) is 12.5 Å². The smallest absolute Gasteiger partial charge is 0.408 e. The Morgan fingerprint density at radius 3 is 2.25 bits per heavy atom. The Labute approximate surface area is 144 Å². The van der Waals surface area contributed by atoms with Gasteiger partial charge < -0.3 is 20.7 Å². The normalized spacial score (nSPS) is 11.7. The number of nitrogens with one attached hydrogen (secondary N) is 3. The van der Waals surface area contributed by atoms with Gasteiger partial charge in [0.25, 0.3) is 0 Å². The molecule has 24 heavy (non-hydrogen) atoms. The summed E-state index contributed by atoms with van der Waals surface area (Å²) in [6.45, 7) is 10.3. The zero-order valence-corrected chi connectivity index (χ0v) is 15.2. The number of hydrogen-bond acceptors (Lipinski definition) is 4. The highest BCUT2D eigenvalue weighted by Crippen LogP contribution is 2.09. The molecule has 2 amide bonds. The van der Waals surface area contributed by atoms with Crippen molar-refractivity contribution in [3.63, 3.8) is 0 Å². The molecular formula is C18H29N3O3. The number of amides is 2. The molecule has 0 unspecified atom stereocenters. The van der Waals surface area contributed by atoms with Gasteiger partial charge in [-0.1, -0.05) is 30.3 Å². The highest BCUT2D eigenvalue weighted by Gasteiger charge is 2.24. The van der Waals surface area contributed by atoms with E-state index in [1.165, 1.54) is 0 Å². The van der Waals surface area contributed by atoms with Gasteiger partial charge in [-0.2, -0.15) is 0 Å². The van der Waals surface area contributed by atoms with E-state index >= 15 is 0 Å². The molecule has 1 aromatic rings. The van der Waals surface area contributed by atoms with Crippen LogP contribution in [-0.2, 0) is 16.1 Å². The van der Waals surface area contributed by atoms with Gasteiger partial charge in [-0.3, -0.25) is 4.79 Å². The second-order valence-corrected chi connectivity index (χ2v) is 7.38. The van der Waals surface area contributed by atoms with Crippen molar-refractivity contribution in [2.45, 2.75) is 52.3 Å². The summed E-state index contributed by atoms with van der Waals surface area (Å²) in [6.07, 6.45) is -0.470. The summed E-state index contributed by atoms with van der Waals surface area (Å²) in [6, 6.07) is 9.73. The van der Waals surface area contributed by atoms with Gasteiger partial charge in [0.1, 0.15) is 5.60 Å². The van der Waals surface area contributed by atoms with Gasteiger partial charge in [0.2, 0.25) is 5.91 Å². The Hall–Kier alpha value is -2.08. The molecule has 0 radical (unpaired) electrons. The standard InChI is InChI=1S/C18H29N3O3/c1-17(2,3)24-16(23)21-18(4,5)13-19-12-15(22)20-11-14-9-7-6-8-10-14/h6-10,19H,11-13H2,1-5H3,(H,20,22)(H,21,23). The Balaban J connectivity index is 2.26. The fourth-order valence-corrected chi connectivity index (χ4v) is 1.97. The van der Waals surface area contributed by atoms with Crippen LogP contribution in [0.3, 0.4) is 0 Å². The fraction of sp³-hybridized carbons (Fsp3) is 0.556. The molecule has 0 aliphatic carbocycles. The lowest BCUT2D eigenvalue weighted by atomic mass is 10.1. The number of ether oxygens (including phenoxy) is 1. The van der Waals surface area contributed by atoms with E-state index < -0.39 is 17.2 Å². The van der Waals surface area contributed by atoms with E-state index in [0.717, 1.165) is 5.56 Å². The molecule has 0 bridgehead atoms. The first-order chi connectivity index (χ1) is 11.1. The van der Waals surface area contributed by atoms with Crippen molar-refractivity contribution in [1.29, 1.82) is 0 Å². The summed E-state index contributed by atoms with van der Waals surface area (Å²) in [5, 5.41) is 8.68. The second-order valence-electron chi connectivity index (χ2n) is 7.38. The van der Waals surface area contributed by atoms with Gasteiger partial charge in [-0.15, -0.1) is 0 Å². The summed E-state index contributed by atoms with van der Waals surface area (Å²) in [4.78, 5) is 23.6. The summed E-state index contributed by atoms with van der Waals surface area (Å²) >= 11 is 0. The number of benzene rings is 1. The van der Waals surface area contributed by atoms with Gasteiger partial charge in [0, 0.05) is 13.1 Å². The van der Waals surface area contributed by atoms with Crippen molar-refractivity contribution in [2.24, 2.45) is 0 Å². The van der Waals surface area contributed by atoms with Crippen LogP contribution in [0.25, 0.3) is 0 Å². The lowest BCUT2D eigenvalue weighted by Crippen LogP contribution is -2.52. The van der Waals surface area contributed by atoms with E-state index in [2.05, 4.69) is 16.0 Å². The van der Waals surface area contributed by atoms with Gasteiger partial charge in [-0.05, 0) is 40.2 Å². The Morgan fingerprint density at radius 2 is 1.67 bits per heavy atom. The molecule has 0 saturated heterocycles. The third-order valence-electron chi connectivity index (χ3n) is 3.02. The minimum Gasteiger partial charge on any atom is -0.444 e. The van der Waals surface area contributed by atoms with Crippen LogP contribution in [0.5, 0.6) is 0 Å². The van der Waals surface area contributed by atoms with E-state index in [0.29, 0.717) is 13.1 Å². The number of carbonyl (C=O) groups excluding carboxylic acids is 2. The summed E-state index contributed by atoms with van der Waals surface area (Å²) < 4.78 is 5.23. The number of hydrogen-bond donors (Lipinski definition) is 3. The SMILES string of the molecule is CC(C)(CNCC(=O)NCc1ccccc1)NC(=O)OC(C)(C)C. The van der Waals surface area contributed by atoms with Crippen molar-refractivity contribution in [3.05, 3.63) is 35.9 Å². The van der Waals surface area contributed by atoms with Crippen molar-refractivity contribution < 1.29 is 14.3 Å². The van der Waals surface area contributed by atoms with Crippen molar-refractivity contribution in [2.75, 3.05) is 13.1 Å². The molecule has 0 aromatic heterocycles. The first kappa shape index (κ1) is 20.0. The molecule has 6 heteroatoms. The first-order valence-electron chi connectivity index (χ1n) is 8.10. The molecule has 0 saturated carbocycles. The maximum absolute atomic E-state index is 11.8. The van der Waals surface area contributed by atoms with Crippen molar-refractivity contribution >= 4 is 12.0 Å². The molecular weight excluding hydrogens is 306 g/mol. The lowest BCUT2D eigenvalue weighted by Gasteiger charge is -2.28. The van der Waals surface area contributed by atoms with Crippen LogP contribution >= 0.6 is 0 Å². The highest BCUT2D eigenvalue weighted by molar-refractivity contribution is 5.78. The zero-order valence-electron chi connectivity index (χ0n) is 15.2. The second kappa shape index (κ2) is 8.68. The first-order valence-corrected chi connectivity index (χ1v) is 8.10. The number of carbonyl (C=O) groups is 2. The summed E-state index contributed by atoms with van der Waals surface area (Å²) in [5.41, 5.74) is -0.00905. The molecule has 134 valence electrons. The molecule has 0 aliphatic rings. The molecule has 0 fully saturated rings. The maximum atomic E-state index is 11.8. The van der Waals surface area contributed by atoms with E-state index in [9.17, 15) is 9.59 Å². The molecule has 1 aromatic carbocycles. The Bertz CT molecular complexity index is 536. The van der Waals surface area contributed by atoms with E-state index in [1.807, 2.05) is 65.0 Å². The van der Waals surface area contributed by atoms with E-state index in [4.69, 9.17) is 4.74 Å². The number of alkyl carbamates (subject to hydrolysis) is 1. The Morgan fingerprint density at radius 1 is 1.04 bits per heavy atom. The van der Waals surface area contributed by atoms with Crippen LogP contribution in [0.2, 0.25) is 0 Å². The van der Waals surface area contributed by atoms with Gasteiger partial charge >= 0.3 is 6.09 Å². The highest BCUT2D eigenvalue weighted by atomic mass is 16.6. The van der Waals surface area contributed by atoms with Crippen molar-refractivity contribution in [3.8, 4) is 0 Å². The predicted molar refractivity (Wildman–Crippen MR) is 94.6 cm³/mol. The molecule has 3 N–H and O–H groups in total. The molecule has 0 aliphatic heterocycles. The lowest BCUT2D eigenvalue weighted by molar-refractivity contribution is -0.120. The monoisotopic (exact) mass is 335 g/mol. The topological polar surface area (TPSA) is 79.5 Å². The largest absolute Gasteiger partial charge is 0.444 e. The maximum Gasteiger partial charge on any atom is 0.408 e. The molecule has 6 nitrogen and oxygen atoms in total. The summed E-state index contributed by atoms with van der Waals surface area (Å²) in [5.74, 6) is -0.0908. The average molecular weight is 335 g/mol. The zero-order chi connectivity index (χ0) is 18.2. The van der Waals surface area contributed by atoms with Crippen LogP contribution < -0.4 is 16.0 Å². The third kappa shape index (κ3) is 9.15. The third-order valence-corrected chi connectivity index (χ3v) is 3.02. The minimum atomic E-state index is -0.537. The summed E-state index contributed by atoms with van der Waals surface area (Å²) in [7, 11) is 0. The quantitative estimate of drug-likeness (QED) is 0.714. The van der Waals surface area contributed by atoms with Gasteiger partial charge in [-0.25, -0.2) is 4.79 Å². The fourth-order valence-electron chi connectivity index (χ4n) is 1.97. The average Bonchev–Trinajstić information content (AvgIpc) is 2.43. The minimum absolute atomic E-state index is 0.0908. The van der Waals surface area contributed by atoms with Crippen molar-refractivity contribution in [1.82, 2.24) is 16.0 Å². The van der Waals surface area contributed by atoms with Crippen LogP contribution in [0.4, 0.5) is 4.79 Å². The van der Waals surface area contributed by atoms with Crippen LogP contribution in [0.1, 0.15) is 40.2 Å². The van der Waals surface area contributed by atoms with Gasteiger partial charge in [0.15, 0.2) is 0 Å². The molecule has 0 spiro atoms. The van der Waals surface area contributed by atoms with Crippen LogP contribution in [0, 0.1) is 0 Å². The Kier molecular flexibility index (Phi) is 7.22. The molecule has 1 rings (SSSR count). The van der Waals surface area contributed by atoms with Crippen LogP contribution in [-0.4, -0.2) is 36.2 Å². The number of rotatable bonds is 7. The molecule has 0 heterocycles. The predicted octanol–water partition coefficient (Wildman–Crippen LogP) is 2.20. The van der Waals surface area contributed by atoms with Crippen LogP contribution in [0.15, 0.2) is 30.3 Å². The molecule has 0 atom stereocenters. The van der Waals surface area contributed by atoms with Gasteiger partial charge in [0.05, 0.1) is 12.1 Å².